The molecule has 4 heterocycles. The normalized spacial score (nSPS) is 19.3. The van der Waals surface area contributed by atoms with E-state index in [1.165, 1.54) is 0 Å². The van der Waals surface area contributed by atoms with E-state index in [1.807, 2.05) is 29.3 Å². The van der Waals surface area contributed by atoms with Crippen LogP contribution in [0.15, 0.2) is 91.3 Å². The first kappa shape index (κ1) is 37.2. The molecule has 5 aromatic rings. The van der Waals surface area contributed by atoms with Gasteiger partial charge in [-0.3, -0.25) is 14.5 Å². The number of carbonyl (C=O) groups is 3. The highest BCUT2D eigenvalue weighted by molar-refractivity contribution is 5.86. The SMILES string of the molecule is CCN(CC)[C@@H](C(=O)N1CCC[C@H]1c1ncc(-c2ccc(-c3ccc(-c4cnc([C@@H]5CCCN5C(=O)[C@H](NC(=O)O)C5CC5)[nH]4)cc3)cc2)[nH]1)c1ccccc1. The lowest BCUT2D eigenvalue weighted by molar-refractivity contribution is -0.138. The molecule has 3 aromatic carbocycles. The molecule has 12 nitrogen and oxygen atoms in total. The fourth-order valence-corrected chi connectivity index (χ4v) is 8.63. The van der Waals surface area contributed by atoms with Crippen molar-refractivity contribution in [2.45, 2.75) is 76.5 Å². The Morgan fingerprint density at radius 3 is 1.66 bits per heavy atom. The summed E-state index contributed by atoms with van der Waals surface area (Å²) in [7, 11) is 0. The van der Waals surface area contributed by atoms with Gasteiger partial charge in [-0.15, -0.1) is 0 Å². The van der Waals surface area contributed by atoms with Crippen LogP contribution in [0.1, 0.15) is 87.7 Å². The number of carboxylic acid groups (broad SMARTS) is 1. The number of hydrogen-bond acceptors (Lipinski definition) is 6. The summed E-state index contributed by atoms with van der Waals surface area (Å²) in [5.41, 5.74) is 6.98. The van der Waals surface area contributed by atoms with Crippen molar-refractivity contribution >= 4 is 17.9 Å². The molecule has 2 aliphatic heterocycles. The number of rotatable bonds is 13. The maximum absolute atomic E-state index is 14.2. The summed E-state index contributed by atoms with van der Waals surface area (Å²) in [6.45, 7) is 7.10. The summed E-state index contributed by atoms with van der Waals surface area (Å²) >= 11 is 0. The molecule has 0 spiro atoms. The van der Waals surface area contributed by atoms with Gasteiger partial charge in [-0.05, 0) is 85.3 Å². The van der Waals surface area contributed by atoms with Crippen LogP contribution in [0.3, 0.4) is 0 Å². The van der Waals surface area contributed by atoms with Crippen LogP contribution in [0.4, 0.5) is 4.79 Å². The van der Waals surface area contributed by atoms with E-state index in [0.717, 1.165) is 102 Å². The third-order valence-corrected chi connectivity index (χ3v) is 11.8. The number of aromatic nitrogens is 4. The Morgan fingerprint density at radius 2 is 1.20 bits per heavy atom. The number of imidazole rings is 2. The molecule has 8 rings (SSSR count). The van der Waals surface area contributed by atoms with Crippen LogP contribution in [-0.4, -0.2) is 89.9 Å². The molecule has 2 aromatic heterocycles. The van der Waals surface area contributed by atoms with Crippen molar-refractivity contribution in [2.75, 3.05) is 26.2 Å². The molecule has 3 fully saturated rings. The molecule has 4 N–H and O–H groups in total. The van der Waals surface area contributed by atoms with Gasteiger partial charge in [0.25, 0.3) is 0 Å². The molecule has 1 aliphatic carbocycles. The van der Waals surface area contributed by atoms with E-state index >= 15 is 0 Å². The van der Waals surface area contributed by atoms with Crippen LogP contribution in [-0.2, 0) is 9.59 Å². The van der Waals surface area contributed by atoms with Crippen molar-refractivity contribution in [3.63, 3.8) is 0 Å². The molecular formula is C44H50N8O4. The average molecular weight is 755 g/mol. The number of likely N-dealkylation sites (N-methyl/N-ethyl adjacent to an activating group) is 1. The van der Waals surface area contributed by atoms with Gasteiger partial charge >= 0.3 is 6.09 Å². The minimum Gasteiger partial charge on any atom is -0.465 e. The van der Waals surface area contributed by atoms with Crippen molar-refractivity contribution in [2.24, 2.45) is 5.92 Å². The lowest BCUT2D eigenvalue weighted by Crippen LogP contribution is -2.49. The first-order valence-corrected chi connectivity index (χ1v) is 20.0. The third kappa shape index (κ3) is 7.58. The molecule has 12 heteroatoms. The maximum atomic E-state index is 14.2. The largest absolute Gasteiger partial charge is 0.465 e. The van der Waals surface area contributed by atoms with E-state index in [4.69, 9.17) is 4.98 Å². The van der Waals surface area contributed by atoms with Crippen molar-refractivity contribution in [3.05, 3.63) is 108 Å². The zero-order chi connectivity index (χ0) is 38.8. The van der Waals surface area contributed by atoms with Crippen LogP contribution in [0.5, 0.6) is 0 Å². The predicted octanol–water partition coefficient (Wildman–Crippen LogP) is 7.59. The van der Waals surface area contributed by atoms with Gasteiger partial charge in [0, 0.05) is 13.1 Å². The van der Waals surface area contributed by atoms with Gasteiger partial charge in [0.15, 0.2) is 0 Å². The number of carbonyl (C=O) groups excluding carboxylic acids is 2. The summed E-state index contributed by atoms with van der Waals surface area (Å²) in [5, 5.41) is 11.8. The molecular weight excluding hydrogens is 705 g/mol. The molecule has 0 unspecified atom stereocenters. The maximum Gasteiger partial charge on any atom is 0.405 e. The molecule has 3 aliphatic rings. The summed E-state index contributed by atoms with van der Waals surface area (Å²) in [6, 6.07) is 25.5. The number of amides is 3. The number of nitrogens with one attached hydrogen (secondary N) is 3. The summed E-state index contributed by atoms with van der Waals surface area (Å²) < 4.78 is 0. The Hall–Kier alpha value is -5.75. The van der Waals surface area contributed by atoms with Crippen LogP contribution in [0.2, 0.25) is 0 Å². The van der Waals surface area contributed by atoms with Crippen molar-refractivity contribution in [1.29, 1.82) is 0 Å². The fourth-order valence-electron chi connectivity index (χ4n) is 8.63. The van der Waals surface area contributed by atoms with Gasteiger partial charge in [0.05, 0.1) is 35.9 Å². The van der Waals surface area contributed by atoms with Gasteiger partial charge in [-0.2, -0.15) is 0 Å². The summed E-state index contributed by atoms with van der Waals surface area (Å²) in [4.78, 5) is 61.5. The molecule has 0 radical (unpaired) electrons. The number of benzene rings is 3. The molecule has 290 valence electrons. The number of H-pyrrole nitrogens is 2. The predicted molar refractivity (Wildman–Crippen MR) is 214 cm³/mol. The lowest BCUT2D eigenvalue weighted by Gasteiger charge is -2.34. The summed E-state index contributed by atoms with van der Waals surface area (Å²) in [5.74, 6) is 1.59. The van der Waals surface area contributed by atoms with Crippen LogP contribution in [0, 0.1) is 5.92 Å². The van der Waals surface area contributed by atoms with Crippen LogP contribution in [0.25, 0.3) is 33.6 Å². The van der Waals surface area contributed by atoms with Gasteiger partial charge < -0.3 is 30.2 Å². The van der Waals surface area contributed by atoms with E-state index in [1.54, 1.807) is 11.1 Å². The van der Waals surface area contributed by atoms with E-state index in [9.17, 15) is 19.5 Å². The highest BCUT2D eigenvalue weighted by atomic mass is 16.4. The van der Waals surface area contributed by atoms with Crippen molar-refractivity contribution in [1.82, 2.24) is 40.0 Å². The second kappa shape index (κ2) is 16.2. The lowest BCUT2D eigenvalue weighted by atomic mass is 10.0. The second-order valence-electron chi connectivity index (χ2n) is 15.2. The topological polar surface area (TPSA) is 151 Å². The average Bonchev–Trinajstić information content (AvgIpc) is 3.70. The Bertz CT molecular complexity index is 2140. The highest BCUT2D eigenvalue weighted by Gasteiger charge is 2.43. The van der Waals surface area contributed by atoms with E-state index < -0.39 is 12.1 Å². The molecule has 56 heavy (non-hydrogen) atoms. The molecule has 2 saturated heterocycles. The van der Waals surface area contributed by atoms with Gasteiger partial charge in [-0.1, -0.05) is 92.7 Å². The molecule has 4 atom stereocenters. The fraction of sp³-hybridized carbons (Fsp3) is 0.386. The highest BCUT2D eigenvalue weighted by Crippen LogP contribution is 2.39. The Balaban J connectivity index is 0.928. The Labute approximate surface area is 327 Å². The quantitative estimate of drug-likeness (QED) is 0.0968. The van der Waals surface area contributed by atoms with Gasteiger partial charge in [0.2, 0.25) is 11.8 Å². The number of aromatic amines is 2. The number of nitrogens with zero attached hydrogens (tertiary/aromatic N) is 5. The van der Waals surface area contributed by atoms with E-state index in [2.05, 4.69) is 99.7 Å². The third-order valence-electron chi connectivity index (χ3n) is 11.8. The number of hydrogen-bond donors (Lipinski definition) is 4. The molecule has 3 amide bonds. The molecule has 0 bridgehead atoms. The van der Waals surface area contributed by atoms with Crippen molar-refractivity contribution < 1.29 is 19.5 Å². The minimum absolute atomic E-state index is 0.0723. The zero-order valence-electron chi connectivity index (χ0n) is 32.0. The standard InChI is InChI=1S/C44H50N8O4/c1-3-50(4-2)39(33-10-6-5-7-11-33)43(54)52-25-9-13-37(52)41-46-27-35(48-41)31-20-16-29(17-21-31)28-14-18-30(19-15-28)34-26-45-40(47-34)36-12-8-24-51(36)42(53)38(32-22-23-32)49-44(55)56/h5-7,10-11,14-21,26-27,32,36-39,49H,3-4,8-9,12-13,22-25H2,1-2H3,(H,45,47)(H,46,48)(H,55,56)/t36-,37-,38+,39+/m0/s1. The molecule has 1 saturated carbocycles. The summed E-state index contributed by atoms with van der Waals surface area (Å²) in [6.07, 6.45) is 7.68. The van der Waals surface area contributed by atoms with Gasteiger partial charge in [-0.25, -0.2) is 14.8 Å². The Morgan fingerprint density at radius 1 is 0.714 bits per heavy atom. The second-order valence-corrected chi connectivity index (χ2v) is 15.2. The first-order valence-electron chi connectivity index (χ1n) is 20.0. The van der Waals surface area contributed by atoms with Crippen LogP contribution >= 0.6 is 0 Å². The van der Waals surface area contributed by atoms with E-state index in [-0.39, 0.29) is 35.9 Å². The van der Waals surface area contributed by atoms with Crippen LogP contribution < -0.4 is 5.32 Å². The monoisotopic (exact) mass is 754 g/mol. The Kier molecular flexibility index (Phi) is 10.7. The smallest absolute Gasteiger partial charge is 0.405 e. The number of likely N-dealkylation sites (tertiary alicyclic amines) is 2. The minimum atomic E-state index is -1.16. The zero-order valence-corrected chi connectivity index (χ0v) is 32.0. The van der Waals surface area contributed by atoms with E-state index in [0.29, 0.717) is 13.1 Å². The van der Waals surface area contributed by atoms with Gasteiger partial charge in [0.1, 0.15) is 23.7 Å². The van der Waals surface area contributed by atoms with Crippen molar-refractivity contribution in [3.8, 4) is 33.6 Å². The first-order chi connectivity index (χ1) is 27.3.